The molecule has 0 radical (unpaired) electrons. The average molecular weight is 173 g/mol. The normalized spacial score (nSPS) is 24.9. The molecule has 4 N–H and O–H groups in total. The summed E-state index contributed by atoms with van der Waals surface area (Å²) >= 11 is 1.44. The largest absolute Gasteiger partial charge is 0.379 e. The number of rotatable bonds is 2. The summed E-state index contributed by atoms with van der Waals surface area (Å²) in [6, 6.07) is 0.581. The molecule has 0 bridgehead atoms. The second kappa shape index (κ2) is 4.62. The van der Waals surface area contributed by atoms with Gasteiger partial charge in [-0.3, -0.25) is 5.41 Å². The van der Waals surface area contributed by atoms with Gasteiger partial charge in [0.05, 0.1) is 0 Å². The molecular weight excluding hydrogens is 158 g/mol. The van der Waals surface area contributed by atoms with E-state index < -0.39 is 0 Å². The van der Waals surface area contributed by atoms with Crippen molar-refractivity contribution in [3.8, 4) is 0 Å². The van der Waals surface area contributed by atoms with E-state index in [1.54, 1.807) is 0 Å². The van der Waals surface area contributed by atoms with Gasteiger partial charge in [0.25, 0.3) is 0 Å². The molecule has 1 fully saturated rings. The van der Waals surface area contributed by atoms with Crippen molar-refractivity contribution in [2.45, 2.75) is 25.3 Å². The third kappa shape index (κ3) is 3.62. The number of hydrogen-bond donors (Lipinski definition) is 3. The summed E-state index contributed by atoms with van der Waals surface area (Å²) in [5.74, 6) is 0.954. The summed E-state index contributed by atoms with van der Waals surface area (Å²) in [5.41, 5.74) is 5.23. The topological polar surface area (TPSA) is 61.9 Å². The summed E-state index contributed by atoms with van der Waals surface area (Å²) in [6.07, 6.45) is 3.84. The van der Waals surface area contributed by atoms with E-state index >= 15 is 0 Å². The van der Waals surface area contributed by atoms with E-state index in [2.05, 4.69) is 5.32 Å². The summed E-state index contributed by atoms with van der Waals surface area (Å²) < 4.78 is 0. The van der Waals surface area contributed by atoms with Crippen LogP contribution in [0.4, 0.5) is 0 Å². The standard InChI is InChI=1S/C7H15N3S/c8-7(9)11-5-6-3-1-2-4-10-6/h6,10H,1-5H2,(H3,8,9). The van der Waals surface area contributed by atoms with Crippen LogP contribution in [-0.2, 0) is 0 Å². The smallest absolute Gasteiger partial charge is 0.151 e. The minimum absolute atomic E-state index is 0.234. The Balaban J connectivity index is 2.09. The molecule has 0 saturated carbocycles. The Morgan fingerprint density at radius 1 is 1.64 bits per heavy atom. The van der Waals surface area contributed by atoms with Crippen LogP contribution >= 0.6 is 11.8 Å². The fourth-order valence-corrected chi connectivity index (χ4v) is 1.92. The number of nitrogens with two attached hydrogens (primary N) is 1. The van der Waals surface area contributed by atoms with E-state index in [4.69, 9.17) is 11.1 Å². The minimum Gasteiger partial charge on any atom is -0.379 e. The van der Waals surface area contributed by atoms with Crippen LogP contribution in [-0.4, -0.2) is 23.5 Å². The van der Waals surface area contributed by atoms with Crippen LogP contribution in [0, 0.1) is 5.41 Å². The van der Waals surface area contributed by atoms with E-state index in [1.807, 2.05) is 0 Å². The molecule has 0 spiro atoms. The molecule has 0 aromatic heterocycles. The van der Waals surface area contributed by atoms with Crippen LogP contribution in [0.2, 0.25) is 0 Å². The van der Waals surface area contributed by atoms with Crippen molar-refractivity contribution in [2.24, 2.45) is 5.73 Å². The lowest BCUT2D eigenvalue weighted by molar-refractivity contribution is 0.430. The maximum atomic E-state index is 7.03. The highest BCUT2D eigenvalue weighted by atomic mass is 32.2. The van der Waals surface area contributed by atoms with Crippen molar-refractivity contribution < 1.29 is 0 Å². The molecule has 11 heavy (non-hydrogen) atoms. The predicted octanol–water partition coefficient (Wildman–Crippen LogP) is 0.755. The predicted molar refractivity (Wildman–Crippen MR) is 50.0 cm³/mol. The number of hydrogen-bond acceptors (Lipinski definition) is 3. The van der Waals surface area contributed by atoms with Gasteiger partial charge in [-0.15, -0.1) is 0 Å². The van der Waals surface area contributed by atoms with Crippen molar-refractivity contribution >= 4 is 16.9 Å². The molecule has 1 heterocycles. The molecule has 64 valence electrons. The van der Waals surface area contributed by atoms with Crippen molar-refractivity contribution in [2.75, 3.05) is 12.3 Å². The summed E-state index contributed by atoms with van der Waals surface area (Å²) in [6.45, 7) is 1.13. The van der Waals surface area contributed by atoms with Gasteiger partial charge in [0.2, 0.25) is 0 Å². The molecule has 1 aliphatic rings. The first kappa shape index (κ1) is 8.87. The molecule has 1 rings (SSSR count). The van der Waals surface area contributed by atoms with Gasteiger partial charge in [0, 0.05) is 11.8 Å². The van der Waals surface area contributed by atoms with Gasteiger partial charge in [-0.25, -0.2) is 0 Å². The van der Waals surface area contributed by atoms with E-state index in [0.717, 1.165) is 12.3 Å². The van der Waals surface area contributed by atoms with Crippen LogP contribution in [0.25, 0.3) is 0 Å². The quantitative estimate of drug-likeness (QED) is 0.426. The fourth-order valence-electron chi connectivity index (χ4n) is 1.26. The zero-order valence-corrected chi connectivity index (χ0v) is 7.41. The van der Waals surface area contributed by atoms with Gasteiger partial charge >= 0.3 is 0 Å². The van der Waals surface area contributed by atoms with Crippen molar-refractivity contribution in [3.63, 3.8) is 0 Å². The molecule has 1 unspecified atom stereocenters. The number of piperidine rings is 1. The third-order valence-corrected chi connectivity index (χ3v) is 2.73. The second-order valence-corrected chi connectivity index (χ2v) is 3.88. The zero-order chi connectivity index (χ0) is 8.10. The highest BCUT2D eigenvalue weighted by molar-refractivity contribution is 8.13. The van der Waals surface area contributed by atoms with Gasteiger partial charge in [-0.1, -0.05) is 18.2 Å². The van der Waals surface area contributed by atoms with Crippen LogP contribution in [0.5, 0.6) is 0 Å². The fraction of sp³-hybridized carbons (Fsp3) is 0.857. The monoisotopic (exact) mass is 173 g/mol. The van der Waals surface area contributed by atoms with Gasteiger partial charge in [0.15, 0.2) is 5.17 Å². The lowest BCUT2D eigenvalue weighted by Gasteiger charge is -2.22. The molecule has 0 aromatic rings. The Morgan fingerprint density at radius 3 is 3.00 bits per heavy atom. The first-order chi connectivity index (χ1) is 5.29. The number of thioether (sulfide) groups is 1. The van der Waals surface area contributed by atoms with Crippen LogP contribution < -0.4 is 11.1 Å². The zero-order valence-electron chi connectivity index (χ0n) is 6.60. The summed E-state index contributed by atoms with van der Waals surface area (Å²) in [4.78, 5) is 0. The lowest BCUT2D eigenvalue weighted by atomic mass is 10.1. The van der Waals surface area contributed by atoms with E-state index in [-0.39, 0.29) is 5.17 Å². The number of nitrogens with one attached hydrogen (secondary N) is 2. The average Bonchev–Trinajstić information content (AvgIpc) is 2.03. The van der Waals surface area contributed by atoms with Gasteiger partial charge in [0.1, 0.15) is 0 Å². The van der Waals surface area contributed by atoms with Crippen LogP contribution in [0.1, 0.15) is 19.3 Å². The molecule has 1 aliphatic heterocycles. The maximum Gasteiger partial charge on any atom is 0.151 e. The molecule has 1 atom stereocenters. The summed E-state index contributed by atoms with van der Waals surface area (Å²) in [5, 5.41) is 10.7. The van der Waals surface area contributed by atoms with Crippen LogP contribution in [0.15, 0.2) is 0 Å². The van der Waals surface area contributed by atoms with Crippen LogP contribution in [0.3, 0.4) is 0 Å². The maximum absolute atomic E-state index is 7.03. The first-order valence-corrected chi connectivity index (χ1v) is 4.98. The number of amidine groups is 1. The highest BCUT2D eigenvalue weighted by Gasteiger charge is 2.12. The van der Waals surface area contributed by atoms with Crippen molar-refractivity contribution in [1.82, 2.24) is 5.32 Å². The van der Waals surface area contributed by atoms with Crippen molar-refractivity contribution in [3.05, 3.63) is 0 Å². The third-order valence-electron chi connectivity index (χ3n) is 1.85. The molecular formula is C7H15N3S. The lowest BCUT2D eigenvalue weighted by Crippen LogP contribution is -2.36. The molecule has 1 saturated heterocycles. The Bertz CT molecular complexity index is 132. The van der Waals surface area contributed by atoms with Gasteiger partial charge < -0.3 is 11.1 Å². The molecule has 4 heteroatoms. The highest BCUT2D eigenvalue weighted by Crippen LogP contribution is 2.11. The second-order valence-electron chi connectivity index (χ2n) is 2.82. The molecule has 0 aliphatic carbocycles. The van der Waals surface area contributed by atoms with Gasteiger partial charge in [-0.05, 0) is 19.4 Å². The van der Waals surface area contributed by atoms with Gasteiger partial charge in [-0.2, -0.15) is 0 Å². The Labute approximate surface area is 71.6 Å². The van der Waals surface area contributed by atoms with E-state index in [1.165, 1.54) is 31.0 Å². The van der Waals surface area contributed by atoms with E-state index in [9.17, 15) is 0 Å². The molecule has 3 nitrogen and oxygen atoms in total. The molecule has 0 aromatic carbocycles. The Hall–Kier alpha value is -0.220. The Kier molecular flexibility index (Phi) is 3.72. The Morgan fingerprint density at radius 2 is 2.45 bits per heavy atom. The first-order valence-electron chi connectivity index (χ1n) is 3.99. The molecule has 0 amide bonds. The van der Waals surface area contributed by atoms with Crippen molar-refractivity contribution in [1.29, 1.82) is 5.41 Å². The summed E-state index contributed by atoms with van der Waals surface area (Å²) in [7, 11) is 0. The minimum atomic E-state index is 0.234. The van der Waals surface area contributed by atoms with E-state index in [0.29, 0.717) is 6.04 Å². The SMILES string of the molecule is N=C(N)SCC1CCCCN1.